The van der Waals surface area contributed by atoms with Crippen molar-refractivity contribution in [2.75, 3.05) is 6.54 Å². The maximum absolute atomic E-state index is 11.6. The van der Waals surface area contributed by atoms with Gasteiger partial charge >= 0.3 is 0 Å². The third kappa shape index (κ3) is 7.10. The Morgan fingerprint density at radius 1 is 1.11 bits per heavy atom. The minimum Gasteiger partial charge on any atom is -0.356 e. The molecule has 2 nitrogen and oxygen atoms in total. The van der Waals surface area contributed by atoms with Gasteiger partial charge in [0.2, 0.25) is 5.91 Å². The van der Waals surface area contributed by atoms with Gasteiger partial charge in [-0.3, -0.25) is 4.79 Å². The summed E-state index contributed by atoms with van der Waals surface area (Å²) in [5.74, 6) is 0.169. The lowest BCUT2D eigenvalue weighted by Crippen LogP contribution is -2.28. The summed E-state index contributed by atoms with van der Waals surface area (Å²) in [5.41, 5.74) is 1.45. The van der Waals surface area contributed by atoms with Crippen LogP contribution in [0.2, 0.25) is 0 Å². The average Bonchev–Trinajstić information content (AvgIpc) is 2.27. The fraction of sp³-hybridized carbons (Fsp3) is 0.562. The van der Waals surface area contributed by atoms with Gasteiger partial charge < -0.3 is 5.32 Å². The van der Waals surface area contributed by atoms with E-state index in [9.17, 15) is 4.79 Å². The first-order chi connectivity index (χ1) is 8.47. The molecule has 0 aromatic heterocycles. The second kappa shape index (κ2) is 7.20. The summed E-state index contributed by atoms with van der Waals surface area (Å²) in [5, 5.41) is 2.99. The van der Waals surface area contributed by atoms with Gasteiger partial charge in [-0.1, -0.05) is 51.1 Å². The lowest BCUT2D eigenvalue weighted by molar-refractivity contribution is -0.122. The molecular formula is C16H25NO. The molecule has 1 rings (SSSR count). The van der Waals surface area contributed by atoms with Crippen molar-refractivity contribution >= 4 is 5.91 Å². The zero-order valence-electron chi connectivity index (χ0n) is 11.8. The summed E-state index contributed by atoms with van der Waals surface area (Å²) >= 11 is 0. The van der Waals surface area contributed by atoms with Crippen molar-refractivity contribution < 1.29 is 4.79 Å². The van der Waals surface area contributed by atoms with Crippen molar-refractivity contribution in [3.05, 3.63) is 35.9 Å². The van der Waals surface area contributed by atoms with Gasteiger partial charge in [0.1, 0.15) is 0 Å². The molecule has 2 heteroatoms. The third-order valence-electron chi connectivity index (χ3n) is 2.75. The summed E-state index contributed by atoms with van der Waals surface area (Å²) < 4.78 is 0. The van der Waals surface area contributed by atoms with Crippen LogP contribution in [0, 0.1) is 5.41 Å². The molecule has 0 bridgehead atoms. The fourth-order valence-electron chi connectivity index (χ4n) is 1.87. The van der Waals surface area contributed by atoms with Crippen LogP contribution < -0.4 is 5.32 Å². The van der Waals surface area contributed by atoms with E-state index in [4.69, 9.17) is 0 Å². The molecule has 0 aliphatic heterocycles. The molecule has 1 aromatic rings. The Bertz CT molecular complexity index is 351. The SMILES string of the molecule is CC(C)(C)CC(=O)NCCCCc1ccccc1. The van der Waals surface area contributed by atoms with Crippen LogP contribution in [0.3, 0.4) is 0 Å². The fourth-order valence-corrected chi connectivity index (χ4v) is 1.87. The molecule has 0 aliphatic rings. The Balaban J connectivity index is 2.07. The van der Waals surface area contributed by atoms with E-state index in [0.717, 1.165) is 25.8 Å². The first-order valence-corrected chi connectivity index (χ1v) is 6.78. The quantitative estimate of drug-likeness (QED) is 0.765. The zero-order chi connectivity index (χ0) is 13.4. The molecule has 1 amide bonds. The molecule has 0 aliphatic carbocycles. The highest BCUT2D eigenvalue weighted by Gasteiger charge is 2.14. The van der Waals surface area contributed by atoms with Gasteiger partial charge in [0.25, 0.3) is 0 Å². The molecule has 1 aromatic carbocycles. The van der Waals surface area contributed by atoms with Crippen LogP contribution in [-0.4, -0.2) is 12.5 Å². The number of amides is 1. The summed E-state index contributed by atoms with van der Waals surface area (Å²) in [6.07, 6.45) is 3.87. The molecule has 0 heterocycles. The Labute approximate surface area is 111 Å². The largest absolute Gasteiger partial charge is 0.356 e. The van der Waals surface area contributed by atoms with Gasteiger partial charge in [0.05, 0.1) is 0 Å². The highest BCUT2D eigenvalue weighted by molar-refractivity contribution is 5.76. The number of benzene rings is 1. The molecule has 100 valence electrons. The van der Waals surface area contributed by atoms with Crippen molar-refractivity contribution in [3.8, 4) is 0 Å². The average molecular weight is 247 g/mol. The summed E-state index contributed by atoms with van der Waals surface area (Å²) in [6.45, 7) is 7.05. The summed E-state index contributed by atoms with van der Waals surface area (Å²) in [4.78, 5) is 11.6. The smallest absolute Gasteiger partial charge is 0.220 e. The molecule has 0 unspecified atom stereocenters. The number of aryl methyl sites for hydroxylation is 1. The van der Waals surface area contributed by atoms with E-state index in [1.54, 1.807) is 0 Å². The third-order valence-corrected chi connectivity index (χ3v) is 2.75. The predicted molar refractivity (Wildman–Crippen MR) is 76.5 cm³/mol. The van der Waals surface area contributed by atoms with E-state index in [0.29, 0.717) is 6.42 Å². The van der Waals surface area contributed by atoms with E-state index in [2.05, 4.69) is 50.4 Å². The van der Waals surface area contributed by atoms with Gasteiger partial charge in [0, 0.05) is 13.0 Å². The van der Waals surface area contributed by atoms with E-state index in [1.165, 1.54) is 5.56 Å². The number of rotatable bonds is 6. The van der Waals surface area contributed by atoms with Crippen LogP contribution in [0.5, 0.6) is 0 Å². The van der Waals surface area contributed by atoms with Gasteiger partial charge in [-0.05, 0) is 30.2 Å². The van der Waals surface area contributed by atoms with Crippen LogP contribution in [0.4, 0.5) is 0 Å². The Hall–Kier alpha value is -1.31. The minimum atomic E-state index is 0.0775. The molecular weight excluding hydrogens is 222 g/mol. The van der Waals surface area contributed by atoms with Crippen LogP contribution in [-0.2, 0) is 11.2 Å². The highest BCUT2D eigenvalue weighted by Crippen LogP contribution is 2.17. The highest BCUT2D eigenvalue weighted by atomic mass is 16.1. The molecule has 1 N–H and O–H groups in total. The molecule has 0 atom stereocenters. The van der Waals surface area contributed by atoms with Crippen molar-refractivity contribution in [1.82, 2.24) is 5.32 Å². The molecule has 0 spiro atoms. The number of hydrogen-bond acceptors (Lipinski definition) is 1. The van der Waals surface area contributed by atoms with Crippen molar-refractivity contribution in [3.63, 3.8) is 0 Å². The van der Waals surface area contributed by atoms with Gasteiger partial charge in [0.15, 0.2) is 0 Å². The van der Waals surface area contributed by atoms with Gasteiger partial charge in [-0.15, -0.1) is 0 Å². The minimum absolute atomic E-state index is 0.0775. The molecule has 18 heavy (non-hydrogen) atoms. The lowest BCUT2D eigenvalue weighted by Gasteiger charge is -2.17. The second-order valence-electron chi connectivity index (χ2n) is 6.03. The molecule has 0 fully saturated rings. The van der Waals surface area contributed by atoms with E-state index in [1.807, 2.05) is 6.07 Å². The number of carbonyl (C=O) groups excluding carboxylic acids is 1. The van der Waals surface area contributed by atoms with Gasteiger partial charge in [-0.25, -0.2) is 0 Å². The van der Waals surface area contributed by atoms with E-state index in [-0.39, 0.29) is 11.3 Å². The van der Waals surface area contributed by atoms with Crippen LogP contribution in [0.15, 0.2) is 30.3 Å². The van der Waals surface area contributed by atoms with Crippen molar-refractivity contribution in [2.24, 2.45) is 5.41 Å². The lowest BCUT2D eigenvalue weighted by atomic mass is 9.92. The molecule has 0 saturated carbocycles. The van der Waals surface area contributed by atoms with Crippen LogP contribution in [0.25, 0.3) is 0 Å². The Morgan fingerprint density at radius 3 is 2.39 bits per heavy atom. The Morgan fingerprint density at radius 2 is 1.78 bits per heavy atom. The van der Waals surface area contributed by atoms with Crippen molar-refractivity contribution in [1.29, 1.82) is 0 Å². The summed E-state index contributed by atoms with van der Waals surface area (Å²) in [7, 11) is 0. The van der Waals surface area contributed by atoms with Crippen LogP contribution >= 0.6 is 0 Å². The van der Waals surface area contributed by atoms with E-state index >= 15 is 0 Å². The number of nitrogens with one attached hydrogen (secondary N) is 1. The predicted octanol–water partition coefficient (Wildman–Crippen LogP) is 3.56. The maximum Gasteiger partial charge on any atom is 0.220 e. The summed E-state index contributed by atoms with van der Waals surface area (Å²) in [6, 6.07) is 10.5. The number of carbonyl (C=O) groups is 1. The maximum atomic E-state index is 11.6. The van der Waals surface area contributed by atoms with Gasteiger partial charge in [-0.2, -0.15) is 0 Å². The first-order valence-electron chi connectivity index (χ1n) is 6.78. The first kappa shape index (κ1) is 14.7. The topological polar surface area (TPSA) is 29.1 Å². The Kier molecular flexibility index (Phi) is 5.90. The number of unbranched alkanes of at least 4 members (excludes halogenated alkanes) is 1. The van der Waals surface area contributed by atoms with Crippen LogP contribution in [0.1, 0.15) is 45.6 Å². The monoisotopic (exact) mass is 247 g/mol. The standard InChI is InChI=1S/C16H25NO/c1-16(2,3)13-15(18)17-12-8-7-11-14-9-5-4-6-10-14/h4-6,9-10H,7-8,11-13H2,1-3H3,(H,17,18). The van der Waals surface area contributed by atoms with E-state index < -0.39 is 0 Å². The van der Waals surface area contributed by atoms with Crippen molar-refractivity contribution in [2.45, 2.75) is 46.5 Å². The zero-order valence-corrected chi connectivity index (χ0v) is 11.8. The number of hydrogen-bond donors (Lipinski definition) is 1. The molecule has 0 radical (unpaired) electrons. The normalized spacial score (nSPS) is 11.3. The second-order valence-corrected chi connectivity index (χ2v) is 6.03. The molecule has 0 saturated heterocycles.